The summed E-state index contributed by atoms with van der Waals surface area (Å²) in [6.07, 6.45) is 5.86. The molecular weight excluding hydrogens is 268 g/mol. The van der Waals surface area contributed by atoms with Crippen LogP contribution in [0, 0.1) is 0 Å². The van der Waals surface area contributed by atoms with E-state index in [4.69, 9.17) is 9.47 Å². The maximum atomic E-state index is 11.6. The lowest BCUT2D eigenvalue weighted by atomic mass is 10.1. The molecule has 0 rings (SSSR count). The van der Waals surface area contributed by atoms with Gasteiger partial charge in [-0.2, -0.15) is 0 Å². The summed E-state index contributed by atoms with van der Waals surface area (Å²) < 4.78 is 10.4. The van der Waals surface area contributed by atoms with Crippen LogP contribution in [0.4, 0.5) is 0 Å². The second-order valence-corrected chi connectivity index (χ2v) is 5.39. The molecule has 0 fully saturated rings. The zero-order valence-corrected chi connectivity index (χ0v) is 13.6. The van der Waals surface area contributed by atoms with Crippen molar-refractivity contribution in [1.29, 1.82) is 0 Å². The van der Waals surface area contributed by atoms with Crippen LogP contribution < -0.4 is 0 Å². The van der Waals surface area contributed by atoms with Crippen LogP contribution in [-0.2, 0) is 19.1 Å². The molecule has 0 aromatic rings. The second-order valence-electron chi connectivity index (χ2n) is 5.39. The van der Waals surface area contributed by atoms with E-state index < -0.39 is 18.0 Å². The van der Waals surface area contributed by atoms with E-state index in [9.17, 15) is 9.59 Å². The number of hydrogen-bond acceptors (Lipinski definition) is 4. The molecule has 0 aliphatic carbocycles. The number of carbonyl (C=O) groups excluding carboxylic acids is 2. The standard InChI is InChI=1S/C17H28O4/c1-6-7-8-9-10-11-15(21-17(19)14(4)5)12-20-16(18)13(2)3/h15H,2,4,6-12H2,1,3,5H3. The largest absolute Gasteiger partial charge is 0.458 e. The van der Waals surface area contributed by atoms with Gasteiger partial charge in [0.2, 0.25) is 0 Å². The third-order valence-corrected chi connectivity index (χ3v) is 3.00. The average molecular weight is 296 g/mol. The van der Waals surface area contributed by atoms with Gasteiger partial charge in [-0.1, -0.05) is 45.8 Å². The van der Waals surface area contributed by atoms with Gasteiger partial charge in [-0.05, 0) is 26.7 Å². The fourth-order valence-corrected chi connectivity index (χ4v) is 1.70. The van der Waals surface area contributed by atoms with Crippen molar-refractivity contribution in [2.45, 2.75) is 65.4 Å². The van der Waals surface area contributed by atoms with E-state index in [0.29, 0.717) is 17.6 Å². The Morgan fingerprint density at radius 3 is 2.05 bits per heavy atom. The Labute approximate surface area is 128 Å². The first kappa shape index (κ1) is 19.4. The van der Waals surface area contributed by atoms with Gasteiger partial charge in [0.1, 0.15) is 12.7 Å². The highest BCUT2D eigenvalue weighted by Crippen LogP contribution is 2.12. The Balaban J connectivity index is 4.26. The first-order chi connectivity index (χ1) is 9.88. The van der Waals surface area contributed by atoms with Crippen LogP contribution in [0.15, 0.2) is 24.3 Å². The number of ether oxygens (including phenoxy) is 2. The smallest absolute Gasteiger partial charge is 0.333 e. The highest BCUT2D eigenvalue weighted by molar-refractivity contribution is 5.87. The number of unbranched alkanes of at least 4 members (excludes halogenated alkanes) is 4. The number of rotatable bonds is 11. The number of carbonyl (C=O) groups is 2. The van der Waals surface area contributed by atoms with Gasteiger partial charge in [0.15, 0.2) is 0 Å². The Morgan fingerprint density at radius 1 is 0.952 bits per heavy atom. The van der Waals surface area contributed by atoms with Crippen LogP contribution in [0.2, 0.25) is 0 Å². The Morgan fingerprint density at radius 2 is 1.52 bits per heavy atom. The molecule has 21 heavy (non-hydrogen) atoms. The maximum Gasteiger partial charge on any atom is 0.333 e. The second kappa shape index (κ2) is 11.1. The summed E-state index contributed by atoms with van der Waals surface area (Å²) in [4.78, 5) is 23.0. The maximum absolute atomic E-state index is 11.6. The van der Waals surface area contributed by atoms with Gasteiger partial charge in [-0.3, -0.25) is 0 Å². The summed E-state index contributed by atoms with van der Waals surface area (Å²) in [5.41, 5.74) is 0.681. The fourth-order valence-electron chi connectivity index (χ4n) is 1.70. The van der Waals surface area contributed by atoms with E-state index in [0.717, 1.165) is 12.8 Å². The minimum atomic E-state index is -0.461. The molecule has 1 atom stereocenters. The molecule has 0 aliphatic rings. The Kier molecular flexibility index (Phi) is 10.3. The molecule has 0 saturated carbocycles. The van der Waals surface area contributed by atoms with Crippen molar-refractivity contribution in [3.63, 3.8) is 0 Å². The molecule has 0 spiro atoms. The molecule has 4 nitrogen and oxygen atoms in total. The third kappa shape index (κ3) is 9.88. The van der Waals surface area contributed by atoms with Gasteiger partial charge in [-0.15, -0.1) is 0 Å². The van der Waals surface area contributed by atoms with Gasteiger partial charge >= 0.3 is 11.9 Å². The minimum Gasteiger partial charge on any atom is -0.458 e. The molecule has 0 aromatic carbocycles. The van der Waals surface area contributed by atoms with E-state index in [1.165, 1.54) is 19.3 Å². The zero-order chi connectivity index (χ0) is 16.3. The van der Waals surface area contributed by atoms with Crippen LogP contribution in [0.3, 0.4) is 0 Å². The molecule has 4 heteroatoms. The first-order valence-corrected chi connectivity index (χ1v) is 7.57. The summed E-state index contributed by atoms with van der Waals surface area (Å²) in [5, 5.41) is 0. The van der Waals surface area contributed by atoms with Gasteiger partial charge in [-0.25, -0.2) is 9.59 Å². The lowest BCUT2D eigenvalue weighted by Crippen LogP contribution is -2.25. The van der Waals surface area contributed by atoms with E-state index in [-0.39, 0.29) is 6.61 Å². The van der Waals surface area contributed by atoms with Crippen LogP contribution in [-0.4, -0.2) is 24.6 Å². The van der Waals surface area contributed by atoms with Crippen LogP contribution in [0.1, 0.15) is 59.3 Å². The van der Waals surface area contributed by atoms with Gasteiger partial charge in [0.25, 0.3) is 0 Å². The highest BCUT2D eigenvalue weighted by atomic mass is 16.6. The quantitative estimate of drug-likeness (QED) is 0.329. The molecule has 0 amide bonds. The van der Waals surface area contributed by atoms with Crippen molar-refractivity contribution in [3.05, 3.63) is 24.3 Å². The lowest BCUT2D eigenvalue weighted by molar-refractivity contribution is -0.154. The first-order valence-electron chi connectivity index (χ1n) is 7.57. The van der Waals surface area contributed by atoms with Crippen LogP contribution in [0.25, 0.3) is 0 Å². The average Bonchev–Trinajstić information content (AvgIpc) is 2.43. The van der Waals surface area contributed by atoms with Crippen molar-refractivity contribution in [2.24, 2.45) is 0 Å². The normalized spacial score (nSPS) is 11.6. The summed E-state index contributed by atoms with van der Waals surface area (Å²) >= 11 is 0. The van der Waals surface area contributed by atoms with Gasteiger partial charge in [0.05, 0.1) is 0 Å². The molecule has 0 radical (unpaired) electrons. The van der Waals surface area contributed by atoms with E-state index in [1.807, 2.05) is 0 Å². The summed E-state index contributed by atoms with van der Waals surface area (Å²) in [6.45, 7) is 12.5. The molecule has 120 valence electrons. The molecule has 0 aromatic heterocycles. The topological polar surface area (TPSA) is 52.6 Å². The van der Waals surface area contributed by atoms with E-state index in [2.05, 4.69) is 20.1 Å². The molecule has 0 aliphatic heterocycles. The molecule has 0 bridgehead atoms. The van der Waals surface area contributed by atoms with Crippen molar-refractivity contribution >= 4 is 11.9 Å². The Bertz CT molecular complexity index is 371. The molecule has 0 heterocycles. The summed E-state index contributed by atoms with van der Waals surface area (Å²) in [6, 6.07) is 0. The molecule has 0 saturated heterocycles. The minimum absolute atomic E-state index is 0.0679. The van der Waals surface area contributed by atoms with E-state index >= 15 is 0 Å². The highest BCUT2D eigenvalue weighted by Gasteiger charge is 2.17. The van der Waals surface area contributed by atoms with Crippen molar-refractivity contribution in [2.75, 3.05) is 6.61 Å². The monoisotopic (exact) mass is 296 g/mol. The summed E-state index contributed by atoms with van der Waals surface area (Å²) in [7, 11) is 0. The summed E-state index contributed by atoms with van der Waals surface area (Å²) in [5.74, 6) is -0.905. The molecule has 0 N–H and O–H groups in total. The number of esters is 2. The predicted octanol–water partition coefficient (Wildman–Crippen LogP) is 3.95. The van der Waals surface area contributed by atoms with Gasteiger partial charge in [0, 0.05) is 11.1 Å². The SMILES string of the molecule is C=C(C)C(=O)OCC(CCCCCCC)OC(=O)C(=C)C. The van der Waals surface area contributed by atoms with Gasteiger partial charge < -0.3 is 9.47 Å². The lowest BCUT2D eigenvalue weighted by Gasteiger charge is -2.18. The fraction of sp³-hybridized carbons (Fsp3) is 0.647. The third-order valence-electron chi connectivity index (χ3n) is 3.00. The number of hydrogen-bond donors (Lipinski definition) is 0. The molecular formula is C17H28O4. The van der Waals surface area contributed by atoms with Crippen molar-refractivity contribution in [1.82, 2.24) is 0 Å². The van der Waals surface area contributed by atoms with Crippen molar-refractivity contribution in [3.8, 4) is 0 Å². The van der Waals surface area contributed by atoms with Crippen molar-refractivity contribution < 1.29 is 19.1 Å². The predicted molar refractivity (Wildman–Crippen MR) is 83.8 cm³/mol. The molecule has 1 unspecified atom stereocenters. The van der Waals surface area contributed by atoms with Crippen LogP contribution >= 0.6 is 0 Å². The zero-order valence-electron chi connectivity index (χ0n) is 13.6. The van der Waals surface area contributed by atoms with E-state index in [1.54, 1.807) is 13.8 Å². The Hall–Kier alpha value is -1.58. The van der Waals surface area contributed by atoms with Crippen LogP contribution in [0.5, 0.6) is 0 Å².